The number of rotatable bonds is 5. The van der Waals surface area contributed by atoms with Crippen LogP contribution in [-0.4, -0.2) is 16.9 Å². The predicted octanol–water partition coefficient (Wildman–Crippen LogP) is 2.64. The molecule has 0 aliphatic carbocycles. The Labute approximate surface area is 126 Å². The third-order valence-corrected chi connectivity index (χ3v) is 3.81. The molecule has 0 radical (unpaired) electrons. The second-order valence-corrected chi connectivity index (χ2v) is 5.58. The monoisotopic (exact) mass is 288 g/mol. The fourth-order valence-corrected chi connectivity index (χ4v) is 2.48. The van der Waals surface area contributed by atoms with Gasteiger partial charge in [0.1, 0.15) is 5.69 Å². The summed E-state index contributed by atoms with van der Waals surface area (Å²) in [6.07, 6.45) is 1.74. The lowest BCUT2D eigenvalue weighted by atomic mass is 9.99. The summed E-state index contributed by atoms with van der Waals surface area (Å²) in [5.74, 6) is 6.57. The minimum atomic E-state index is -0.163. The summed E-state index contributed by atoms with van der Waals surface area (Å²) in [6.45, 7) is 8.38. The van der Waals surface area contributed by atoms with Crippen molar-refractivity contribution in [3.63, 3.8) is 0 Å². The molecule has 0 amide bonds. The van der Waals surface area contributed by atoms with Gasteiger partial charge in [-0.05, 0) is 44.4 Å². The van der Waals surface area contributed by atoms with Crippen molar-refractivity contribution in [3.05, 3.63) is 46.8 Å². The maximum Gasteiger partial charge on any atom is 0.161 e. The van der Waals surface area contributed by atoms with Crippen molar-refractivity contribution in [2.24, 2.45) is 5.84 Å². The molecule has 114 valence electrons. The molecule has 1 unspecified atom stereocenters. The molecule has 0 bridgehead atoms. The average Bonchev–Trinajstić information content (AvgIpc) is 2.87. The van der Waals surface area contributed by atoms with Gasteiger partial charge in [0, 0.05) is 6.04 Å². The van der Waals surface area contributed by atoms with Gasteiger partial charge in [0.15, 0.2) is 5.75 Å². The Hall–Kier alpha value is -1.85. The summed E-state index contributed by atoms with van der Waals surface area (Å²) in [4.78, 5) is 0. The Kier molecular flexibility index (Phi) is 4.65. The summed E-state index contributed by atoms with van der Waals surface area (Å²) in [7, 11) is 1.65. The molecule has 5 nitrogen and oxygen atoms in total. The Bertz CT molecular complexity index is 619. The number of benzene rings is 1. The van der Waals surface area contributed by atoms with Crippen LogP contribution in [0.3, 0.4) is 0 Å². The van der Waals surface area contributed by atoms with Gasteiger partial charge >= 0.3 is 0 Å². The smallest absolute Gasteiger partial charge is 0.161 e. The number of methoxy groups -OCH3 is 1. The highest BCUT2D eigenvalue weighted by atomic mass is 16.5. The standard InChI is InChI=1S/C16H24N4O/c1-10(2)20-16(14(21-5)9-18-20)15(19-17)13-7-6-11(3)12(4)8-13/h6-10,15,19H,17H2,1-5H3. The number of hydrogen-bond acceptors (Lipinski definition) is 4. The number of nitrogens with zero attached hydrogens (tertiary/aromatic N) is 2. The molecule has 0 saturated heterocycles. The van der Waals surface area contributed by atoms with Crippen molar-refractivity contribution in [1.82, 2.24) is 15.2 Å². The van der Waals surface area contributed by atoms with E-state index in [2.05, 4.69) is 56.4 Å². The minimum Gasteiger partial charge on any atom is -0.493 e. The number of hydrogen-bond donors (Lipinski definition) is 2. The zero-order chi connectivity index (χ0) is 15.6. The first-order chi connectivity index (χ1) is 9.99. The van der Waals surface area contributed by atoms with Crippen LogP contribution in [0.1, 0.15) is 48.3 Å². The molecule has 2 aromatic rings. The fourth-order valence-electron chi connectivity index (χ4n) is 2.48. The van der Waals surface area contributed by atoms with Crippen LogP contribution in [0.15, 0.2) is 24.4 Å². The van der Waals surface area contributed by atoms with Crippen LogP contribution in [-0.2, 0) is 0 Å². The van der Waals surface area contributed by atoms with E-state index in [0.717, 1.165) is 17.0 Å². The maximum absolute atomic E-state index is 5.83. The van der Waals surface area contributed by atoms with Crippen molar-refractivity contribution in [2.75, 3.05) is 7.11 Å². The average molecular weight is 288 g/mol. The zero-order valence-electron chi connectivity index (χ0n) is 13.3. The van der Waals surface area contributed by atoms with Gasteiger partial charge in [0.2, 0.25) is 0 Å². The lowest BCUT2D eigenvalue weighted by molar-refractivity contribution is 0.394. The van der Waals surface area contributed by atoms with Crippen LogP contribution in [0.2, 0.25) is 0 Å². The van der Waals surface area contributed by atoms with Gasteiger partial charge in [0.25, 0.3) is 0 Å². The van der Waals surface area contributed by atoms with E-state index in [4.69, 9.17) is 10.6 Å². The topological polar surface area (TPSA) is 65.1 Å². The second kappa shape index (κ2) is 6.28. The summed E-state index contributed by atoms with van der Waals surface area (Å²) in [6, 6.07) is 6.41. The van der Waals surface area contributed by atoms with E-state index in [1.807, 2.05) is 4.68 Å². The molecule has 1 aromatic heterocycles. The van der Waals surface area contributed by atoms with Gasteiger partial charge < -0.3 is 4.74 Å². The highest BCUT2D eigenvalue weighted by molar-refractivity contribution is 5.39. The van der Waals surface area contributed by atoms with Crippen molar-refractivity contribution >= 4 is 0 Å². The first-order valence-electron chi connectivity index (χ1n) is 7.14. The molecule has 0 aliphatic heterocycles. The van der Waals surface area contributed by atoms with Crippen molar-refractivity contribution < 1.29 is 4.74 Å². The molecule has 3 N–H and O–H groups in total. The van der Waals surface area contributed by atoms with E-state index in [1.165, 1.54) is 11.1 Å². The van der Waals surface area contributed by atoms with Crippen LogP contribution in [0.4, 0.5) is 0 Å². The van der Waals surface area contributed by atoms with Gasteiger partial charge in [-0.3, -0.25) is 10.5 Å². The molecule has 1 aromatic carbocycles. The van der Waals surface area contributed by atoms with E-state index >= 15 is 0 Å². The van der Waals surface area contributed by atoms with Crippen molar-refractivity contribution in [3.8, 4) is 5.75 Å². The SMILES string of the molecule is COc1cnn(C(C)C)c1C(NN)c1ccc(C)c(C)c1. The van der Waals surface area contributed by atoms with Gasteiger partial charge in [-0.25, -0.2) is 5.43 Å². The largest absolute Gasteiger partial charge is 0.493 e. The van der Waals surface area contributed by atoms with E-state index < -0.39 is 0 Å². The molecule has 21 heavy (non-hydrogen) atoms. The van der Waals surface area contributed by atoms with Gasteiger partial charge in [-0.15, -0.1) is 0 Å². The summed E-state index contributed by atoms with van der Waals surface area (Å²) in [5.41, 5.74) is 7.44. The van der Waals surface area contributed by atoms with E-state index in [9.17, 15) is 0 Å². The molecule has 0 spiro atoms. The van der Waals surface area contributed by atoms with Gasteiger partial charge in [-0.2, -0.15) is 5.10 Å². The van der Waals surface area contributed by atoms with Crippen molar-refractivity contribution in [2.45, 2.75) is 39.8 Å². The summed E-state index contributed by atoms with van der Waals surface area (Å²) < 4.78 is 7.40. The number of ether oxygens (including phenoxy) is 1. The second-order valence-electron chi connectivity index (χ2n) is 5.58. The van der Waals surface area contributed by atoms with E-state index in [1.54, 1.807) is 13.3 Å². The highest BCUT2D eigenvalue weighted by Crippen LogP contribution is 2.32. The molecule has 0 aliphatic rings. The molecule has 0 saturated carbocycles. The zero-order valence-corrected chi connectivity index (χ0v) is 13.3. The van der Waals surface area contributed by atoms with Gasteiger partial charge in [-0.1, -0.05) is 18.2 Å². The molecule has 5 heteroatoms. The number of nitrogens with two attached hydrogens (primary N) is 1. The maximum atomic E-state index is 5.83. The normalized spacial score (nSPS) is 12.7. The van der Waals surface area contributed by atoms with Crippen LogP contribution in [0, 0.1) is 13.8 Å². The van der Waals surface area contributed by atoms with Gasteiger partial charge in [0.05, 0.1) is 19.3 Å². The van der Waals surface area contributed by atoms with Crippen LogP contribution < -0.4 is 16.0 Å². The Balaban J connectivity index is 2.55. The Morgan fingerprint density at radius 2 is 1.95 bits per heavy atom. The minimum absolute atomic E-state index is 0.163. The first kappa shape index (κ1) is 15.5. The Morgan fingerprint density at radius 1 is 1.24 bits per heavy atom. The van der Waals surface area contributed by atoms with Crippen LogP contribution >= 0.6 is 0 Å². The Morgan fingerprint density at radius 3 is 2.48 bits per heavy atom. The third kappa shape index (κ3) is 2.94. The molecule has 1 atom stereocenters. The fraction of sp³-hybridized carbons (Fsp3) is 0.438. The lowest BCUT2D eigenvalue weighted by Crippen LogP contribution is -2.31. The molecular weight excluding hydrogens is 264 g/mol. The van der Waals surface area contributed by atoms with Crippen LogP contribution in [0.5, 0.6) is 5.75 Å². The molecular formula is C16H24N4O. The summed E-state index contributed by atoms with van der Waals surface area (Å²) >= 11 is 0. The van der Waals surface area contributed by atoms with E-state index in [0.29, 0.717) is 0 Å². The number of hydrazine groups is 1. The lowest BCUT2D eigenvalue weighted by Gasteiger charge is -2.22. The van der Waals surface area contributed by atoms with E-state index in [-0.39, 0.29) is 12.1 Å². The number of aryl methyl sites for hydroxylation is 2. The molecule has 2 rings (SSSR count). The molecule has 0 fully saturated rings. The van der Waals surface area contributed by atoms with Crippen LogP contribution in [0.25, 0.3) is 0 Å². The van der Waals surface area contributed by atoms with Crippen molar-refractivity contribution in [1.29, 1.82) is 0 Å². The quantitative estimate of drug-likeness (QED) is 0.656. The number of aromatic nitrogens is 2. The predicted molar refractivity (Wildman–Crippen MR) is 84.2 cm³/mol. The molecule has 1 heterocycles. The highest BCUT2D eigenvalue weighted by Gasteiger charge is 2.24. The number of nitrogens with one attached hydrogen (secondary N) is 1. The summed E-state index contributed by atoms with van der Waals surface area (Å²) in [5, 5.41) is 4.42. The first-order valence-corrected chi connectivity index (χ1v) is 7.14. The third-order valence-electron chi connectivity index (χ3n) is 3.81.